The van der Waals surface area contributed by atoms with Gasteiger partial charge in [-0.3, -0.25) is 0 Å². The number of anilines is 3. The number of aliphatic hydroxyl groups is 1. The molecule has 176 valence electrons. The van der Waals surface area contributed by atoms with Crippen molar-refractivity contribution >= 4 is 17.3 Å². The third kappa shape index (κ3) is 4.39. The molecule has 3 heterocycles. The number of nitriles is 1. The summed E-state index contributed by atoms with van der Waals surface area (Å²) >= 11 is 0. The normalized spacial score (nSPS) is 16.6. The van der Waals surface area contributed by atoms with Gasteiger partial charge in [0.1, 0.15) is 6.07 Å². The number of rotatable bonds is 7. The van der Waals surface area contributed by atoms with E-state index >= 15 is 0 Å². The highest BCUT2D eigenvalue weighted by atomic mass is 16.5. The fourth-order valence-corrected chi connectivity index (χ4v) is 4.25. The first-order valence-electron chi connectivity index (χ1n) is 11.4. The SMILES string of the molecule is COc1nc(CC(C)C)c(Nc2nccc(-c3cc(C#N)c4c(c3)[C@@](C)(CO)CN4)n2)cc1C. The highest BCUT2D eigenvalue weighted by molar-refractivity contribution is 5.76. The average Bonchev–Trinajstić information content (AvgIpc) is 3.17. The molecule has 0 spiro atoms. The van der Waals surface area contributed by atoms with E-state index in [1.807, 2.05) is 38.1 Å². The Morgan fingerprint density at radius 3 is 2.76 bits per heavy atom. The molecule has 0 saturated carbocycles. The Labute approximate surface area is 200 Å². The van der Waals surface area contributed by atoms with Gasteiger partial charge in [-0.25, -0.2) is 15.0 Å². The van der Waals surface area contributed by atoms with Crippen molar-refractivity contribution in [1.82, 2.24) is 15.0 Å². The molecule has 1 aliphatic heterocycles. The van der Waals surface area contributed by atoms with Crippen molar-refractivity contribution in [2.24, 2.45) is 5.92 Å². The summed E-state index contributed by atoms with van der Waals surface area (Å²) in [5, 5.41) is 26.3. The van der Waals surface area contributed by atoms with Gasteiger partial charge in [-0.2, -0.15) is 5.26 Å². The molecule has 3 aromatic rings. The number of fused-ring (bicyclic) bond motifs is 1. The zero-order valence-corrected chi connectivity index (χ0v) is 20.2. The topological polar surface area (TPSA) is 116 Å². The van der Waals surface area contributed by atoms with E-state index in [1.54, 1.807) is 13.3 Å². The predicted molar refractivity (Wildman–Crippen MR) is 132 cm³/mol. The van der Waals surface area contributed by atoms with Gasteiger partial charge in [0, 0.05) is 29.3 Å². The smallest absolute Gasteiger partial charge is 0.227 e. The van der Waals surface area contributed by atoms with Gasteiger partial charge in [0.25, 0.3) is 0 Å². The minimum Gasteiger partial charge on any atom is -0.481 e. The molecule has 0 unspecified atom stereocenters. The summed E-state index contributed by atoms with van der Waals surface area (Å²) in [6.45, 7) is 8.79. The van der Waals surface area contributed by atoms with Crippen molar-refractivity contribution in [2.45, 2.75) is 39.5 Å². The maximum absolute atomic E-state index is 9.98. The van der Waals surface area contributed by atoms with Gasteiger partial charge in [-0.1, -0.05) is 20.8 Å². The second-order valence-electron chi connectivity index (χ2n) is 9.43. The van der Waals surface area contributed by atoms with Crippen LogP contribution in [0.25, 0.3) is 11.3 Å². The maximum Gasteiger partial charge on any atom is 0.227 e. The monoisotopic (exact) mass is 458 g/mol. The van der Waals surface area contributed by atoms with Crippen LogP contribution >= 0.6 is 0 Å². The minimum absolute atomic E-state index is 0.0135. The summed E-state index contributed by atoms with van der Waals surface area (Å²) in [5.74, 6) is 1.47. The van der Waals surface area contributed by atoms with Gasteiger partial charge in [-0.15, -0.1) is 0 Å². The predicted octanol–water partition coefficient (Wildman–Crippen LogP) is 4.34. The number of methoxy groups -OCH3 is 1. The number of pyridine rings is 1. The maximum atomic E-state index is 9.98. The molecule has 8 nitrogen and oxygen atoms in total. The number of nitrogens with one attached hydrogen (secondary N) is 2. The van der Waals surface area contributed by atoms with Gasteiger partial charge < -0.3 is 20.5 Å². The molecule has 2 aromatic heterocycles. The van der Waals surface area contributed by atoms with Crippen LogP contribution in [0.15, 0.2) is 30.5 Å². The van der Waals surface area contributed by atoms with Crippen LogP contribution in [-0.4, -0.2) is 40.3 Å². The van der Waals surface area contributed by atoms with Crippen LogP contribution < -0.4 is 15.4 Å². The summed E-state index contributed by atoms with van der Waals surface area (Å²) in [7, 11) is 1.62. The molecule has 1 aliphatic rings. The molecule has 1 atom stereocenters. The van der Waals surface area contributed by atoms with Crippen molar-refractivity contribution < 1.29 is 9.84 Å². The molecule has 1 aromatic carbocycles. The van der Waals surface area contributed by atoms with Crippen LogP contribution in [0, 0.1) is 24.2 Å². The minimum atomic E-state index is -0.455. The third-order valence-corrected chi connectivity index (χ3v) is 6.15. The Hall–Kier alpha value is -3.70. The third-order valence-electron chi connectivity index (χ3n) is 6.15. The van der Waals surface area contributed by atoms with E-state index in [4.69, 9.17) is 9.72 Å². The molecule has 0 aliphatic carbocycles. The molecule has 0 fully saturated rings. The lowest BCUT2D eigenvalue weighted by Gasteiger charge is -2.21. The first-order valence-corrected chi connectivity index (χ1v) is 11.4. The lowest BCUT2D eigenvalue weighted by atomic mass is 9.83. The van der Waals surface area contributed by atoms with Crippen molar-refractivity contribution in [3.8, 4) is 23.2 Å². The Balaban J connectivity index is 1.73. The van der Waals surface area contributed by atoms with Crippen LogP contribution in [-0.2, 0) is 11.8 Å². The molecule has 34 heavy (non-hydrogen) atoms. The average molecular weight is 459 g/mol. The molecule has 3 N–H and O–H groups in total. The summed E-state index contributed by atoms with van der Waals surface area (Å²) < 4.78 is 5.41. The molecule has 0 bridgehead atoms. The molecule has 0 amide bonds. The van der Waals surface area contributed by atoms with E-state index < -0.39 is 5.41 Å². The number of nitrogens with zero attached hydrogens (tertiary/aromatic N) is 4. The van der Waals surface area contributed by atoms with E-state index in [-0.39, 0.29) is 6.61 Å². The van der Waals surface area contributed by atoms with Gasteiger partial charge in [-0.05, 0) is 49.1 Å². The van der Waals surface area contributed by atoms with Crippen LogP contribution in [0.4, 0.5) is 17.3 Å². The fraction of sp³-hybridized carbons (Fsp3) is 0.385. The standard InChI is InChI=1S/C26H30N6O2/c1-15(2)8-21-22(9-16(3)24(30-21)34-5)32-25-28-7-6-20(31-25)17-10-18(12-27)23-19(11-17)26(4,14-33)13-29-23/h6-7,9-11,15,29,33H,8,13-14H2,1-5H3,(H,28,31,32)/t26-/m1/s1. The number of aliphatic hydroxyl groups excluding tert-OH is 1. The lowest BCUT2D eigenvalue weighted by Crippen LogP contribution is -2.28. The van der Waals surface area contributed by atoms with E-state index in [0.29, 0.717) is 35.5 Å². The second kappa shape index (κ2) is 9.27. The summed E-state index contributed by atoms with van der Waals surface area (Å²) in [5.41, 5.74) is 5.92. The number of ether oxygens (including phenoxy) is 1. The van der Waals surface area contributed by atoms with Gasteiger partial charge in [0.05, 0.1) is 42.0 Å². The molecule has 0 saturated heterocycles. The summed E-state index contributed by atoms with van der Waals surface area (Å²) in [6.07, 6.45) is 2.47. The number of hydrogen-bond donors (Lipinski definition) is 3. The van der Waals surface area contributed by atoms with Crippen molar-refractivity contribution in [3.63, 3.8) is 0 Å². The Morgan fingerprint density at radius 1 is 1.29 bits per heavy atom. The Morgan fingerprint density at radius 2 is 2.09 bits per heavy atom. The zero-order valence-electron chi connectivity index (χ0n) is 20.2. The number of aromatic nitrogens is 3. The van der Waals surface area contributed by atoms with Crippen molar-refractivity contribution in [1.29, 1.82) is 5.26 Å². The van der Waals surface area contributed by atoms with Crippen molar-refractivity contribution in [3.05, 3.63) is 52.8 Å². The molecular formula is C26H30N6O2. The fourth-order valence-electron chi connectivity index (χ4n) is 4.25. The molecule has 0 radical (unpaired) electrons. The van der Waals surface area contributed by atoms with Gasteiger partial charge >= 0.3 is 0 Å². The number of benzene rings is 1. The highest BCUT2D eigenvalue weighted by Gasteiger charge is 2.36. The lowest BCUT2D eigenvalue weighted by molar-refractivity contribution is 0.219. The first-order chi connectivity index (χ1) is 16.3. The number of aryl methyl sites for hydroxylation is 1. The zero-order chi connectivity index (χ0) is 24.5. The Kier molecular flexibility index (Phi) is 6.40. The first kappa shape index (κ1) is 23.5. The van der Waals surface area contributed by atoms with E-state index in [9.17, 15) is 10.4 Å². The number of hydrogen-bond acceptors (Lipinski definition) is 8. The van der Waals surface area contributed by atoms with E-state index in [0.717, 1.165) is 40.2 Å². The van der Waals surface area contributed by atoms with Crippen LogP contribution in [0.3, 0.4) is 0 Å². The molecule has 8 heteroatoms. The molecule has 4 rings (SSSR count). The van der Waals surface area contributed by atoms with Crippen LogP contribution in [0.2, 0.25) is 0 Å². The summed E-state index contributed by atoms with van der Waals surface area (Å²) in [4.78, 5) is 13.8. The van der Waals surface area contributed by atoms with E-state index in [1.165, 1.54) is 0 Å². The van der Waals surface area contributed by atoms with Crippen LogP contribution in [0.1, 0.15) is 43.2 Å². The van der Waals surface area contributed by atoms with Crippen LogP contribution in [0.5, 0.6) is 5.88 Å². The summed E-state index contributed by atoms with van der Waals surface area (Å²) in [6, 6.07) is 9.92. The highest BCUT2D eigenvalue weighted by Crippen LogP contribution is 2.41. The Bertz CT molecular complexity index is 1270. The van der Waals surface area contributed by atoms with Gasteiger partial charge in [0.2, 0.25) is 11.8 Å². The second-order valence-corrected chi connectivity index (χ2v) is 9.43. The molecular weight excluding hydrogens is 428 g/mol. The van der Waals surface area contributed by atoms with E-state index in [2.05, 4.69) is 40.5 Å². The largest absolute Gasteiger partial charge is 0.481 e. The quantitative estimate of drug-likeness (QED) is 0.479. The van der Waals surface area contributed by atoms with Crippen molar-refractivity contribution in [2.75, 3.05) is 30.9 Å². The van der Waals surface area contributed by atoms with Gasteiger partial charge in [0.15, 0.2) is 0 Å².